The lowest BCUT2D eigenvalue weighted by Gasteiger charge is -2.17. The van der Waals surface area contributed by atoms with Crippen molar-refractivity contribution >= 4 is 6.09 Å². The van der Waals surface area contributed by atoms with Crippen LogP contribution in [0.1, 0.15) is 57.4 Å². The van der Waals surface area contributed by atoms with Gasteiger partial charge in [0.25, 0.3) is 0 Å². The third kappa shape index (κ3) is 8.50. The topological polar surface area (TPSA) is 38.3 Å². The number of rotatable bonds is 11. The predicted molar refractivity (Wildman–Crippen MR) is 91.7 cm³/mol. The van der Waals surface area contributed by atoms with E-state index in [-0.39, 0.29) is 12.1 Å². The van der Waals surface area contributed by atoms with Crippen LogP contribution in [0.25, 0.3) is 0 Å². The van der Waals surface area contributed by atoms with Crippen molar-refractivity contribution in [2.75, 3.05) is 0 Å². The summed E-state index contributed by atoms with van der Waals surface area (Å²) in [6.07, 6.45) is 9.46. The zero-order valence-corrected chi connectivity index (χ0v) is 13.7. The van der Waals surface area contributed by atoms with Gasteiger partial charge < -0.3 is 10.1 Å². The number of hydrogen-bond donors (Lipinski definition) is 1. The van der Waals surface area contributed by atoms with E-state index in [4.69, 9.17) is 4.74 Å². The fourth-order valence-corrected chi connectivity index (χ4v) is 2.38. The van der Waals surface area contributed by atoms with Crippen molar-refractivity contribution in [2.24, 2.45) is 0 Å². The number of nitrogens with one attached hydrogen (secondary N) is 1. The van der Waals surface area contributed by atoms with Gasteiger partial charge in [-0.2, -0.15) is 0 Å². The van der Waals surface area contributed by atoms with E-state index in [0.29, 0.717) is 6.61 Å². The fraction of sp³-hybridized carbons (Fsp3) is 0.526. The molecule has 1 rings (SSSR count). The predicted octanol–water partition coefficient (Wildman–Crippen LogP) is 5.22. The van der Waals surface area contributed by atoms with E-state index in [2.05, 4.69) is 18.8 Å². The highest BCUT2D eigenvalue weighted by molar-refractivity contribution is 5.67. The Morgan fingerprint density at radius 1 is 1.23 bits per heavy atom. The zero-order chi connectivity index (χ0) is 16.0. The van der Waals surface area contributed by atoms with Crippen molar-refractivity contribution in [1.29, 1.82) is 0 Å². The maximum atomic E-state index is 11.9. The maximum absolute atomic E-state index is 11.9. The Morgan fingerprint density at radius 3 is 2.64 bits per heavy atom. The SMILES string of the molecule is C=CC[C@@H](CCCCCCC)NC(=O)OCc1ccccc1. The Morgan fingerprint density at radius 2 is 1.95 bits per heavy atom. The number of alkyl carbamates (subject to hydrolysis) is 1. The van der Waals surface area contributed by atoms with Crippen molar-refractivity contribution < 1.29 is 9.53 Å². The highest BCUT2D eigenvalue weighted by atomic mass is 16.5. The number of carbonyl (C=O) groups excluding carboxylic acids is 1. The van der Waals surface area contributed by atoms with Crippen LogP contribution in [0.5, 0.6) is 0 Å². The fourth-order valence-electron chi connectivity index (χ4n) is 2.38. The minimum atomic E-state index is -0.343. The summed E-state index contributed by atoms with van der Waals surface area (Å²) in [7, 11) is 0. The molecule has 0 radical (unpaired) electrons. The van der Waals surface area contributed by atoms with E-state index in [1.165, 1.54) is 25.7 Å². The van der Waals surface area contributed by atoms with Gasteiger partial charge in [0, 0.05) is 6.04 Å². The van der Waals surface area contributed by atoms with Crippen LogP contribution in [0.4, 0.5) is 4.79 Å². The molecular weight excluding hydrogens is 274 g/mol. The van der Waals surface area contributed by atoms with E-state index in [1.807, 2.05) is 36.4 Å². The molecule has 0 unspecified atom stereocenters. The van der Waals surface area contributed by atoms with Crippen LogP contribution in [0.2, 0.25) is 0 Å². The van der Waals surface area contributed by atoms with Gasteiger partial charge in [0.2, 0.25) is 0 Å². The molecule has 0 heterocycles. The molecule has 1 amide bonds. The van der Waals surface area contributed by atoms with Crippen LogP contribution >= 0.6 is 0 Å². The van der Waals surface area contributed by atoms with Crippen LogP contribution in [0, 0.1) is 0 Å². The summed E-state index contributed by atoms with van der Waals surface area (Å²) >= 11 is 0. The van der Waals surface area contributed by atoms with Gasteiger partial charge in [0.1, 0.15) is 6.61 Å². The van der Waals surface area contributed by atoms with Gasteiger partial charge in [-0.15, -0.1) is 6.58 Å². The number of hydrogen-bond acceptors (Lipinski definition) is 2. The minimum Gasteiger partial charge on any atom is -0.445 e. The number of unbranched alkanes of at least 4 members (excludes halogenated alkanes) is 4. The third-order valence-electron chi connectivity index (χ3n) is 3.64. The first kappa shape index (κ1) is 18.3. The summed E-state index contributed by atoms with van der Waals surface area (Å²) in [5, 5.41) is 2.95. The molecule has 1 aromatic rings. The smallest absolute Gasteiger partial charge is 0.407 e. The van der Waals surface area contributed by atoms with Crippen LogP contribution < -0.4 is 5.32 Å². The van der Waals surface area contributed by atoms with Gasteiger partial charge >= 0.3 is 6.09 Å². The molecule has 122 valence electrons. The quantitative estimate of drug-likeness (QED) is 0.449. The van der Waals surface area contributed by atoms with E-state index < -0.39 is 0 Å². The molecule has 0 saturated carbocycles. The van der Waals surface area contributed by atoms with Gasteiger partial charge in [-0.25, -0.2) is 4.79 Å². The van der Waals surface area contributed by atoms with Crippen molar-refractivity contribution in [1.82, 2.24) is 5.32 Å². The van der Waals surface area contributed by atoms with Crippen molar-refractivity contribution in [3.05, 3.63) is 48.6 Å². The Kier molecular flexibility index (Phi) is 9.84. The summed E-state index contributed by atoms with van der Waals surface area (Å²) in [6.45, 7) is 6.29. The molecule has 0 aromatic heterocycles. The molecule has 0 saturated heterocycles. The molecule has 0 spiro atoms. The van der Waals surface area contributed by atoms with Crippen molar-refractivity contribution in [2.45, 2.75) is 64.5 Å². The second-order valence-corrected chi connectivity index (χ2v) is 5.63. The highest BCUT2D eigenvalue weighted by Gasteiger charge is 2.11. The third-order valence-corrected chi connectivity index (χ3v) is 3.64. The number of amides is 1. The van der Waals surface area contributed by atoms with Gasteiger partial charge in [-0.1, -0.05) is 75.4 Å². The van der Waals surface area contributed by atoms with E-state index in [9.17, 15) is 4.79 Å². The van der Waals surface area contributed by atoms with Gasteiger partial charge in [0.15, 0.2) is 0 Å². The summed E-state index contributed by atoms with van der Waals surface area (Å²) in [6, 6.07) is 9.84. The van der Waals surface area contributed by atoms with Crippen LogP contribution in [0.3, 0.4) is 0 Å². The van der Waals surface area contributed by atoms with Gasteiger partial charge in [-0.3, -0.25) is 0 Å². The lowest BCUT2D eigenvalue weighted by atomic mass is 10.0. The molecule has 0 bridgehead atoms. The van der Waals surface area contributed by atoms with Gasteiger partial charge in [0.05, 0.1) is 0 Å². The minimum absolute atomic E-state index is 0.127. The average molecular weight is 303 g/mol. The van der Waals surface area contributed by atoms with Crippen LogP contribution in [-0.4, -0.2) is 12.1 Å². The number of ether oxygens (including phenoxy) is 1. The van der Waals surface area contributed by atoms with Crippen LogP contribution in [0.15, 0.2) is 43.0 Å². The largest absolute Gasteiger partial charge is 0.445 e. The molecule has 1 aromatic carbocycles. The summed E-state index contributed by atoms with van der Waals surface area (Å²) < 4.78 is 5.27. The molecule has 0 aliphatic rings. The standard InChI is InChI=1S/C19H29NO2/c1-3-5-6-7-11-15-18(12-4-2)20-19(21)22-16-17-13-9-8-10-14-17/h4,8-10,13-14,18H,2-3,5-7,11-12,15-16H2,1H3,(H,20,21)/t18-/m0/s1. The number of benzene rings is 1. The molecule has 1 atom stereocenters. The van der Waals surface area contributed by atoms with E-state index in [1.54, 1.807) is 0 Å². The summed E-state index contributed by atoms with van der Waals surface area (Å²) in [5.74, 6) is 0. The molecule has 1 N–H and O–H groups in total. The highest BCUT2D eigenvalue weighted by Crippen LogP contribution is 2.10. The summed E-state index contributed by atoms with van der Waals surface area (Å²) in [5.41, 5.74) is 0.998. The van der Waals surface area contributed by atoms with Gasteiger partial charge in [-0.05, 0) is 18.4 Å². The Bertz CT molecular complexity index is 417. The molecule has 22 heavy (non-hydrogen) atoms. The lowest BCUT2D eigenvalue weighted by molar-refractivity contribution is 0.135. The monoisotopic (exact) mass is 303 g/mol. The zero-order valence-electron chi connectivity index (χ0n) is 13.7. The van der Waals surface area contributed by atoms with E-state index >= 15 is 0 Å². The second-order valence-electron chi connectivity index (χ2n) is 5.63. The molecule has 0 aliphatic carbocycles. The molecule has 0 fully saturated rings. The average Bonchev–Trinajstić information content (AvgIpc) is 2.54. The summed E-state index contributed by atoms with van der Waals surface area (Å²) in [4.78, 5) is 11.9. The number of carbonyl (C=O) groups is 1. The van der Waals surface area contributed by atoms with Crippen LogP contribution in [-0.2, 0) is 11.3 Å². The molecular formula is C19H29NO2. The first-order valence-electron chi connectivity index (χ1n) is 8.34. The van der Waals surface area contributed by atoms with Crippen molar-refractivity contribution in [3.63, 3.8) is 0 Å². The molecule has 3 nitrogen and oxygen atoms in total. The lowest BCUT2D eigenvalue weighted by Crippen LogP contribution is -2.34. The maximum Gasteiger partial charge on any atom is 0.407 e. The molecule has 0 aliphatic heterocycles. The normalized spacial score (nSPS) is 11.7. The van der Waals surface area contributed by atoms with Crippen molar-refractivity contribution in [3.8, 4) is 0 Å². The second kappa shape index (κ2) is 11.8. The Labute approximate surface area is 134 Å². The Hall–Kier alpha value is -1.77. The Balaban J connectivity index is 2.25. The van der Waals surface area contributed by atoms with E-state index in [0.717, 1.165) is 24.8 Å². The molecule has 3 heteroatoms. The first-order valence-corrected chi connectivity index (χ1v) is 8.34. The first-order chi connectivity index (χ1) is 10.8.